The molecule has 0 aromatic heterocycles. The maximum absolute atomic E-state index is 12.6. The average Bonchev–Trinajstić information content (AvgIpc) is 2.88. The number of carbonyl (C=O) groups is 4. The van der Waals surface area contributed by atoms with Crippen molar-refractivity contribution in [2.24, 2.45) is 5.41 Å². The molecule has 43 heavy (non-hydrogen) atoms. The number of carboxylic acid groups (broad SMARTS) is 1. The highest BCUT2D eigenvalue weighted by atomic mass is 16.8. The molecule has 244 valence electrons. The van der Waals surface area contributed by atoms with Crippen LogP contribution < -0.4 is 14.8 Å². The van der Waals surface area contributed by atoms with Crippen molar-refractivity contribution in [3.63, 3.8) is 0 Å². The van der Waals surface area contributed by atoms with Crippen molar-refractivity contribution >= 4 is 24.4 Å². The van der Waals surface area contributed by atoms with Crippen molar-refractivity contribution in [2.45, 2.75) is 125 Å². The highest BCUT2D eigenvalue weighted by molar-refractivity contribution is 5.80. The average molecular weight is 612 g/mol. The van der Waals surface area contributed by atoms with Crippen LogP contribution in [0.4, 0.5) is 14.4 Å². The Bertz CT molecular complexity index is 1070. The summed E-state index contributed by atoms with van der Waals surface area (Å²) in [5, 5.41) is 13.2. The van der Waals surface area contributed by atoms with E-state index < -0.39 is 48.8 Å². The molecule has 1 aromatic rings. The van der Waals surface area contributed by atoms with Crippen molar-refractivity contribution in [2.75, 3.05) is 6.61 Å². The molecule has 0 amide bonds. The number of carboxylic acids is 1. The molecular weight excluding hydrogens is 562 g/mol. The summed E-state index contributed by atoms with van der Waals surface area (Å²) in [6, 6.07) is 3.71. The smallest absolute Gasteiger partial charge is 0.477 e. The molecule has 0 aliphatic rings. The Kier molecular flexibility index (Phi) is 15.3. The Hall–Kier alpha value is -3.54. The Morgan fingerprint density at radius 1 is 0.837 bits per heavy atom. The van der Waals surface area contributed by atoms with Crippen LogP contribution in [-0.4, -0.2) is 60.1 Å². The lowest BCUT2D eigenvalue weighted by molar-refractivity contribution is -0.167. The van der Waals surface area contributed by atoms with Crippen LogP contribution in [0.25, 0.3) is 0 Å². The first-order valence-corrected chi connectivity index (χ1v) is 14.8. The molecule has 0 aliphatic carbocycles. The van der Waals surface area contributed by atoms with E-state index in [1.165, 1.54) is 18.2 Å². The molecule has 12 heteroatoms. The third kappa shape index (κ3) is 14.0. The maximum Gasteiger partial charge on any atom is 0.514 e. The fourth-order valence-electron chi connectivity index (χ4n) is 3.85. The quantitative estimate of drug-likeness (QED) is 0.0854. The monoisotopic (exact) mass is 611 g/mol. The van der Waals surface area contributed by atoms with Crippen LogP contribution in [-0.2, 0) is 30.2 Å². The van der Waals surface area contributed by atoms with E-state index >= 15 is 0 Å². The minimum Gasteiger partial charge on any atom is -0.477 e. The topological polar surface area (TPSA) is 156 Å². The molecule has 0 saturated carbocycles. The number of benzene rings is 1. The fraction of sp³-hybridized carbons (Fsp3) is 0.677. The molecule has 1 rings (SSSR count). The van der Waals surface area contributed by atoms with E-state index in [9.17, 15) is 24.3 Å². The molecule has 0 fully saturated rings. The van der Waals surface area contributed by atoms with Crippen LogP contribution in [0, 0.1) is 5.41 Å². The van der Waals surface area contributed by atoms with Gasteiger partial charge in [-0.05, 0) is 63.1 Å². The van der Waals surface area contributed by atoms with Gasteiger partial charge in [-0.15, -0.1) is 0 Å². The largest absolute Gasteiger partial charge is 0.514 e. The van der Waals surface area contributed by atoms with Crippen molar-refractivity contribution in [1.82, 2.24) is 5.32 Å². The Morgan fingerprint density at radius 3 is 1.84 bits per heavy atom. The molecule has 3 unspecified atom stereocenters. The molecule has 1 aromatic carbocycles. The summed E-state index contributed by atoms with van der Waals surface area (Å²) < 4.78 is 31.9. The van der Waals surface area contributed by atoms with Crippen molar-refractivity contribution < 1.29 is 52.7 Å². The van der Waals surface area contributed by atoms with Crippen LogP contribution in [0.3, 0.4) is 0 Å². The van der Waals surface area contributed by atoms with Crippen LogP contribution in [0.15, 0.2) is 18.2 Å². The molecule has 0 spiro atoms. The minimum atomic E-state index is -2.24. The molecule has 4 atom stereocenters. The zero-order valence-corrected chi connectivity index (χ0v) is 26.9. The highest BCUT2D eigenvalue weighted by Crippen LogP contribution is 2.32. The van der Waals surface area contributed by atoms with Crippen molar-refractivity contribution in [1.29, 1.82) is 0 Å². The van der Waals surface area contributed by atoms with E-state index in [-0.39, 0.29) is 35.1 Å². The maximum atomic E-state index is 12.6. The van der Waals surface area contributed by atoms with Gasteiger partial charge in [0.05, 0.1) is 6.61 Å². The molecular formula is C31H49NO11. The lowest BCUT2D eigenvalue weighted by Gasteiger charge is -2.33. The van der Waals surface area contributed by atoms with Gasteiger partial charge in [0, 0.05) is 12.5 Å². The van der Waals surface area contributed by atoms with Crippen molar-refractivity contribution in [3.8, 4) is 11.5 Å². The summed E-state index contributed by atoms with van der Waals surface area (Å²) in [5.74, 6) is -1.84. The zero-order valence-electron chi connectivity index (χ0n) is 26.9. The summed E-state index contributed by atoms with van der Waals surface area (Å²) in [4.78, 5) is 50.3. The molecule has 0 radical (unpaired) electrons. The van der Waals surface area contributed by atoms with E-state index in [0.717, 1.165) is 12.8 Å². The number of nitrogens with one attached hydrogen (secondary N) is 1. The summed E-state index contributed by atoms with van der Waals surface area (Å²) in [7, 11) is 0. The first kappa shape index (κ1) is 37.5. The molecule has 0 bridgehead atoms. The van der Waals surface area contributed by atoms with Crippen LogP contribution in [0.5, 0.6) is 11.5 Å². The normalized spacial score (nSPS) is 14.8. The lowest BCUT2D eigenvalue weighted by atomic mass is 9.99. The molecule has 2 N–H and O–H groups in total. The van der Waals surface area contributed by atoms with Gasteiger partial charge in [-0.2, -0.15) is 0 Å². The van der Waals surface area contributed by atoms with E-state index in [2.05, 4.69) is 5.32 Å². The van der Waals surface area contributed by atoms with Gasteiger partial charge in [0.25, 0.3) is 5.72 Å². The van der Waals surface area contributed by atoms with Gasteiger partial charge in [-0.25, -0.2) is 19.2 Å². The predicted molar refractivity (Wildman–Crippen MR) is 158 cm³/mol. The van der Waals surface area contributed by atoms with Crippen LogP contribution in [0.1, 0.15) is 100.0 Å². The second-order valence-corrected chi connectivity index (χ2v) is 11.9. The Morgan fingerprint density at radius 2 is 1.37 bits per heavy atom. The van der Waals surface area contributed by atoms with E-state index in [1.807, 2.05) is 41.5 Å². The first-order valence-electron chi connectivity index (χ1n) is 14.8. The Labute approximate surface area is 254 Å². The fourth-order valence-corrected chi connectivity index (χ4v) is 3.85. The number of carbonyl (C=O) groups excluding carboxylic acids is 3. The Balaban J connectivity index is 3.44. The number of ether oxygens (including phenoxy) is 6. The minimum absolute atomic E-state index is 0.000423. The van der Waals surface area contributed by atoms with Gasteiger partial charge in [-0.1, -0.05) is 60.5 Å². The number of rotatable bonds is 16. The number of aliphatic carboxylic acids is 1. The molecule has 0 aliphatic heterocycles. The summed E-state index contributed by atoms with van der Waals surface area (Å²) in [6.07, 6.45) is -1.13. The van der Waals surface area contributed by atoms with E-state index in [4.69, 9.17) is 28.4 Å². The van der Waals surface area contributed by atoms with E-state index in [1.54, 1.807) is 20.8 Å². The number of hydrogen-bond acceptors (Lipinski definition) is 11. The van der Waals surface area contributed by atoms with Gasteiger partial charge in [0.1, 0.15) is 12.2 Å². The second kappa shape index (κ2) is 17.5. The predicted octanol–water partition coefficient (Wildman–Crippen LogP) is 7.01. The third-order valence-corrected chi connectivity index (χ3v) is 6.15. The van der Waals surface area contributed by atoms with Gasteiger partial charge < -0.3 is 33.5 Å². The molecule has 0 saturated heterocycles. The second-order valence-electron chi connectivity index (χ2n) is 11.9. The summed E-state index contributed by atoms with van der Waals surface area (Å²) >= 11 is 0. The summed E-state index contributed by atoms with van der Waals surface area (Å²) in [6.45, 7) is 16.4. The van der Waals surface area contributed by atoms with Crippen LogP contribution >= 0.6 is 0 Å². The highest BCUT2D eigenvalue weighted by Gasteiger charge is 2.45. The van der Waals surface area contributed by atoms with Gasteiger partial charge >= 0.3 is 24.4 Å². The zero-order chi connectivity index (χ0) is 32.8. The summed E-state index contributed by atoms with van der Waals surface area (Å²) in [5.41, 5.74) is -2.35. The van der Waals surface area contributed by atoms with Crippen LogP contribution in [0.2, 0.25) is 0 Å². The third-order valence-electron chi connectivity index (χ3n) is 6.15. The lowest BCUT2D eigenvalue weighted by Crippen LogP contribution is -2.59. The SMILES string of the molecule is CCCC(C)OC(=O)Oc1ccc(C[C@](NC(C)CC)(OC(=O)OCC(C)(C)C)C(=O)O)cc1OC(=O)OC(C)CCC. The van der Waals surface area contributed by atoms with Gasteiger partial charge in [0.15, 0.2) is 11.5 Å². The van der Waals surface area contributed by atoms with Crippen molar-refractivity contribution in [3.05, 3.63) is 23.8 Å². The van der Waals surface area contributed by atoms with Gasteiger partial charge in [0.2, 0.25) is 0 Å². The molecule has 0 heterocycles. The first-order chi connectivity index (χ1) is 20.0. The van der Waals surface area contributed by atoms with Gasteiger partial charge in [-0.3, -0.25) is 5.32 Å². The van der Waals surface area contributed by atoms with E-state index in [0.29, 0.717) is 19.3 Å². The number of hydrogen-bond donors (Lipinski definition) is 2. The standard InChI is InChI=1S/C31H49NO11/c1-10-13-21(5)39-28(36)41-24-16-15-23(17-25(24)42-29(37)40-22(6)14-11-2)18-31(26(33)34,32-20(4)12-3)43-27(35)38-19-30(7,8)9/h15-17,20-22,32H,10-14,18-19H2,1-9H3,(H,33,34)/t20?,21?,22?,31-/m0/s1. The molecule has 12 nitrogen and oxygen atoms in total.